The van der Waals surface area contributed by atoms with E-state index in [2.05, 4.69) is 0 Å². The first-order valence-corrected chi connectivity index (χ1v) is 11.2. The number of hydrogen-bond donors (Lipinski definition) is 0. The van der Waals surface area contributed by atoms with Gasteiger partial charge in [0.25, 0.3) is 0 Å². The molecule has 156 valence electrons. The molecule has 2 unspecified atom stereocenters. The van der Waals surface area contributed by atoms with Crippen LogP contribution in [0.5, 0.6) is 0 Å². The van der Waals surface area contributed by atoms with Gasteiger partial charge in [0.1, 0.15) is 0 Å². The van der Waals surface area contributed by atoms with Gasteiger partial charge in [0.2, 0.25) is 10.0 Å². The van der Waals surface area contributed by atoms with Crippen molar-refractivity contribution in [3.8, 4) is 0 Å². The Hall–Kier alpha value is -2.06. The monoisotopic (exact) mass is 416 g/mol. The third-order valence-corrected chi connectivity index (χ3v) is 6.72. The molecule has 0 bridgehead atoms. The maximum absolute atomic E-state index is 13.1. The molecule has 7 heteroatoms. The van der Waals surface area contributed by atoms with Crippen LogP contribution in [0.2, 0.25) is 0 Å². The van der Waals surface area contributed by atoms with E-state index in [4.69, 9.17) is 4.74 Å². The second-order valence-corrected chi connectivity index (χ2v) is 9.63. The number of Topliss-reactive ketones (excluding diaryl/α,β-unsaturated/α-hetero) is 1. The second-order valence-electron chi connectivity index (χ2n) is 7.69. The smallest absolute Gasteiger partial charge is 0.243 e. The van der Waals surface area contributed by atoms with Gasteiger partial charge >= 0.3 is 0 Å². The van der Waals surface area contributed by atoms with Gasteiger partial charge in [-0.05, 0) is 38.6 Å². The highest BCUT2D eigenvalue weighted by Gasteiger charge is 2.32. The van der Waals surface area contributed by atoms with Gasteiger partial charge in [0, 0.05) is 25.2 Å². The van der Waals surface area contributed by atoms with Crippen molar-refractivity contribution >= 4 is 15.8 Å². The average molecular weight is 417 g/mol. The molecular weight excluding hydrogens is 388 g/mol. The van der Waals surface area contributed by atoms with Crippen LogP contribution >= 0.6 is 0 Å². The van der Waals surface area contributed by atoms with Gasteiger partial charge < -0.3 is 4.74 Å². The number of ether oxygens (including phenoxy) is 1. The van der Waals surface area contributed by atoms with E-state index in [1.807, 2.05) is 56.1 Å². The Balaban J connectivity index is 1.72. The summed E-state index contributed by atoms with van der Waals surface area (Å²) >= 11 is 0. The highest BCUT2D eigenvalue weighted by molar-refractivity contribution is 7.89. The van der Waals surface area contributed by atoms with Crippen molar-refractivity contribution in [3.63, 3.8) is 0 Å². The Bertz CT molecular complexity index is 936. The number of benzene rings is 2. The van der Waals surface area contributed by atoms with Crippen molar-refractivity contribution in [1.29, 1.82) is 0 Å². The Morgan fingerprint density at radius 2 is 1.72 bits per heavy atom. The summed E-state index contributed by atoms with van der Waals surface area (Å²) in [5.41, 5.74) is 1.52. The van der Waals surface area contributed by atoms with Crippen LogP contribution in [0.1, 0.15) is 29.8 Å². The van der Waals surface area contributed by atoms with Gasteiger partial charge in [-0.2, -0.15) is 4.31 Å². The van der Waals surface area contributed by atoms with Crippen molar-refractivity contribution < 1.29 is 17.9 Å². The van der Waals surface area contributed by atoms with Gasteiger partial charge in [0.05, 0.1) is 23.6 Å². The lowest BCUT2D eigenvalue weighted by Gasteiger charge is -2.34. The minimum atomic E-state index is -3.67. The zero-order valence-corrected chi connectivity index (χ0v) is 17.9. The first kappa shape index (κ1) is 21.6. The third kappa shape index (κ3) is 5.51. The van der Waals surface area contributed by atoms with Gasteiger partial charge in [-0.3, -0.25) is 9.69 Å². The molecule has 2 aromatic carbocycles. The first-order valence-electron chi connectivity index (χ1n) is 9.77. The molecule has 1 fully saturated rings. The van der Waals surface area contributed by atoms with E-state index < -0.39 is 10.0 Å². The molecule has 0 N–H and O–H groups in total. The Kier molecular flexibility index (Phi) is 6.85. The number of carbonyl (C=O) groups excluding carboxylic acids is 1. The van der Waals surface area contributed by atoms with E-state index in [1.54, 1.807) is 18.2 Å². The summed E-state index contributed by atoms with van der Waals surface area (Å²) in [6, 6.07) is 16.2. The van der Waals surface area contributed by atoms with E-state index in [0.29, 0.717) is 25.2 Å². The van der Waals surface area contributed by atoms with Crippen molar-refractivity contribution in [1.82, 2.24) is 9.21 Å². The molecule has 29 heavy (non-hydrogen) atoms. The van der Waals surface area contributed by atoms with Crippen molar-refractivity contribution in [2.24, 2.45) is 0 Å². The molecule has 0 saturated carbocycles. The van der Waals surface area contributed by atoms with Crippen LogP contribution in [-0.4, -0.2) is 62.3 Å². The molecule has 2 atom stereocenters. The molecule has 0 aliphatic carbocycles. The molecule has 0 spiro atoms. The number of morpholine rings is 1. The zero-order valence-electron chi connectivity index (χ0n) is 17.1. The van der Waals surface area contributed by atoms with Crippen LogP contribution in [0, 0.1) is 0 Å². The van der Waals surface area contributed by atoms with Gasteiger partial charge in [-0.15, -0.1) is 0 Å². The topological polar surface area (TPSA) is 66.9 Å². The molecule has 1 aliphatic rings. The number of ketones is 1. The van der Waals surface area contributed by atoms with Gasteiger partial charge in [-0.25, -0.2) is 8.42 Å². The zero-order chi connectivity index (χ0) is 21.0. The summed E-state index contributed by atoms with van der Waals surface area (Å²) in [5, 5.41) is 0. The van der Waals surface area contributed by atoms with Crippen LogP contribution in [0.4, 0.5) is 0 Å². The summed E-state index contributed by atoms with van der Waals surface area (Å²) in [7, 11) is -1.80. The second kappa shape index (κ2) is 9.17. The Morgan fingerprint density at radius 1 is 1.07 bits per heavy atom. The lowest BCUT2D eigenvalue weighted by Crippen LogP contribution is -2.48. The van der Waals surface area contributed by atoms with E-state index in [0.717, 1.165) is 5.56 Å². The quantitative estimate of drug-likeness (QED) is 0.650. The number of likely N-dealkylation sites (N-methyl/N-ethyl adjacent to an activating group) is 1. The molecule has 0 radical (unpaired) electrons. The molecule has 1 saturated heterocycles. The Morgan fingerprint density at radius 3 is 2.38 bits per heavy atom. The first-order chi connectivity index (χ1) is 13.8. The maximum Gasteiger partial charge on any atom is 0.243 e. The van der Waals surface area contributed by atoms with Gasteiger partial charge in [-0.1, -0.05) is 42.5 Å². The maximum atomic E-state index is 13.1. The van der Waals surface area contributed by atoms with E-state index in [1.165, 1.54) is 10.4 Å². The van der Waals surface area contributed by atoms with Crippen LogP contribution in [0.3, 0.4) is 0 Å². The lowest BCUT2D eigenvalue weighted by molar-refractivity contribution is -0.0440. The number of carbonyl (C=O) groups is 1. The predicted octanol–water partition coefficient (Wildman–Crippen LogP) is 2.80. The highest BCUT2D eigenvalue weighted by Crippen LogP contribution is 2.22. The van der Waals surface area contributed by atoms with Crippen LogP contribution in [0.15, 0.2) is 59.5 Å². The SMILES string of the molecule is CC1CN(S(=O)(=O)c2cccc(C(=O)CN(C)Cc3ccccc3)c2)CC(C)O1. The molecule has 1 heterocycles. The molecule has 6 nitrogen and oxygen atoms in total. The molecule has 3 rings (SSSR count). The standard InChI is InChI=1S/C22H28N2O4S/c1-17-13-24(14-18(2)28-17)29(26,27)21-11-7-10-20(12-21)22(25)16-23(3)15-19-8-5-4-6-9-19/h4-12,17-18H,13-16H2,1-3H3. The van der Waals surface area contributed by atoms with Crippen molar-refractivity contribution in [2.45, 2.75) is 37.5 Å². The predicted molar refractivity (Wildman–Crippen MR) is 112 cm³/mol. The van der Waals surface area contributed by atoms with Crippen LogP contribution in [-0.2, 0) is 21.3 Å². The fourth-order valence-corrected chi connectivity index (χ4v) is 5.23. The Labute approximate surface area is 173 Å². The summed E-state index contributed by atoms with van der Waals surface area (Å²) < 4.78 is 33.2. The third-order valence-electron chi connectivity index (χ3n) is 4.89. The number of sulfonamides is 1. The molecule has 0 aromatic heterocycles. The minimum absolute atomic E-state index is 0.107. The number of nitrogens with zero attached hydrogens (tertiary/aromatic N) is 2. The van der Waals surface area contributed by atoms with Gasteiger partial charge in [0.15, 0.2) is 5.78 Å². The minimum Gasteiger partial charge on any atom is -0.373 e. The number of hydrogen-bond acceptors (Lipinski definition) is 5. The van der Waals surface area contributed by atoms with E-state index >= 15 is 0 Å². The summed E-state index contributed by atoms with van der Waals surface area (Å²) in [6.07, 6.45) is -0.324. The molecule has 1 aliphatic heterocycles. The van der Waals surface area contributed by atoms with Crippen molar-refractivity contribution in [2.75, 3.05) is 26.7 Å². The van der Waals surface area contributed by atoms with Crippen LogP contribution < -0.4 is 0 Å². The molecule has 0 amide bonds. The van der Waals surface area contributed by atoms with Crippen LogP contribution in [0.25, 0.3) is 0 Å². The lowest BCUT2D eigenvalue weighted by atomic mass is 10.1. The fraction of sp³-hybridized carbons (Fsp3) is 0.409. The van der Waals surface area contributed by atoms with E-state index in [-0.39, 0.29) is 29.4 Å². The van der Waals surface area contributed by atoms with Crippen molar-refractivity contribution in [3.05, 3.63) is 65.7 Å². The fourth-order valence-electron chi connectivity index (χ4n) is 3.59. The summed E-state index contributed by atoms with van der Waals surface area (Å²) in [6.45, 7) is 5.20. The highest BCUT2D eigenvalue weighted by atomic mass is 32.2. The molecular formula is C22H28N2O4S. The summed E-state index contributed by atoms with van der Waals surface area (Å²) in [4.78, 5) is 14.8. The molecule has 2 aromatic rings. The number of rotatable bonds is 7. The largest absolute Gasteiger partial charge is 0.373 e. The normalized spacial score (nSPS) is 20.7. The summed E-state index contributed by atoms with van der Waals surface area (Å²) in [5.74, 6) is -0.107. The van der Waals surface area contributed by atoms with E-state index in [9.17, 15) is 13.2 Å². The average Bonchev–Trinajstić information content (AvgIpc) is 2.68.